The molecule has 2 N–H and O–H groups in total. The molecule has 2 aromatic carbocycles. The van der Waals surface area contributed by atoms with Crippen LogP contribution >= 0.6 is 0 Å². The normalized spacial score (nSPS) is 16.0. The number of carbonyl (C=O) groups is 2. The number of para-hydroxylation sites is 1. The summed E-state index contributed by atoms with van der Waals surface area (Å²) in [5.74, 6) is -0.655. The van der Waals surface area contributed by atoms with Gasteiger partial charge in [0.1, 0.15) is 0 Å². The Balaban J connectivity index is 1.89. The van der Waals surface area contributed by atoms with Gasteiger partial charge in [0.05, 0.1) is 23.2 Å². The molecule has 0 aliphatic carbocycles. The average molecular weight is 387 g/mol. The van der Waals surface area contributed by atoms with Gasteiger partial charge in [-0.25, -0.2) is 8.42 Å². The lowest BCUT2D eigenvalue weighted by atomic mass is 10.1. The van der Waals surface area contributed by atoms with E-state index in [1.54, 1.807) is 42.5 Å². The molecule has 1 atom stereocenters. The monoisotopic (exact) mass is 387 g/mol. The predicted molar refractivity (Wildman–Crippen MR) is 105 cm³/mol. The first-order chi connectivity index (χ1) is 12.7. The van der Waals surface area contributed by atoms with E-state index in [-0.39, 0.29) is 17.9 Å². The van der Waals surface area contributed by atoms with Gasteiger partial charge in [0.15, 0.2) is 0 Å². The quantitative estimate of drug-likeness (QED) is 0.839. The fraction of sp³-hybridized carbons (Fsp3) is 0.263. The van der Waals surface area contributed by atoms with E-state index in [0.29, 0.717) is 28.9 Å². The van der Waals surface area contributed by atoms with Crippen molar-refractivity contribution in [1.29, 1.82) is 0 Å². The molecule has 0 saturated heterocycles. The minimum absolute atomic E-state index is 0.192. The molecule has 3 rings (SSSR count). The van der Waals surface area contributed by atoms with Crippen molar-refractivity contribution in [3.63, 3.8) is 0 Å². The Hall–Kier alpha value is -2.87. The van der Waals surface area contributed by atoms with Crippen molar-refractivity contribution in [1.82, 2.24) is 5.32 Å². The molecule has 0 fully saturated rings. The molecule has 0 bridgehead atoms. The molecule has 0 unspecified atom stereocenters. The highest BCUT2D eigenvalue weighted by Gasteiger charge is 2.32. The van der Waals surface area contributed by atoms with Crippen LogP contribution in [0.2, 0.25) is 0 Å². The van der Waals surface area contributed by atoms with E-state index in [2.05, 4.69) is 10.6 Å². The smallest absolute Gasteiger partial charge is 0.255 e. The third-order valence-corrected chi connectivity index (χ3v) is 5.77. The Labute approximate surface area is 158 Å². The number of nitrogens with one attached hydrogen (secondary N) is 2. The van der Waals surface area contributed by atoms with Gasteiger partial charge in [-0.2, -0.15) is 0 Å². The van der Waals surface area contributed by atoms with Gasteiger partial charge >= 0.3 is 0 Å². The Morgan fingerprint density at radius 1 is 1.11 bits per heavy atom. The third-order valence-electron chi connectivity index (χ3n) is 4.50. The molecule has 142 valence electrons. The van der Waals surface area contributed by atoms with Gasteiger partial charge in [0.2, 0.25) is 10.0 Å². The molecule has 1 aliphatic heterocycles. The lowest BCUT2D eigenvalue weighted by Gasteiger charge is -2.21. The summed E-state index contributed by atoms with van der Waals surface area (Å²) in [5, 5.41) is 5.29. The van der Waals surface area contributed by atoms with Crippen molar-refractivity contribution >= 4 is 33.2 Å². The van der Waals surface area contributed by atoms with Crippen LogP contribution in [0.3, 0.4) is 0 Å². The number of hydrogen-bond acceptors (Lipinski definition) is 4. The Morgan fingerprint density at radius 2 is 1.81 bits per heavy atom. The van der Waals surface area contributed by atoms with Crippen LogP contribution in [0.1, 0.15) is 33.2 Å². The molecule has 27 heavy (non-hydrogen) atoms. The Bertz CT molecular complexity index is 1020. The summed E-state index contributed by atoms with van der Waals surface area (Å²) in [6, 6.07) is 11.5. The van der Waals surface area contributed by atoms with Crippen molar-refractivity contribution in [2.45, 2.75) is 19.4 Å². The van der Waals surface area contributed by atoms with Gasteiger partial charge in [-0.15, -0.1) is 0 Å². The van der Waals surface area contributed by atoms with Gasteiger partial charge in [0, 0.05) is 18.7 Å². The highest BCUT2D eigenvalue weighted by molar-refractivity contribution is 7.92. The molecule has 2 amide bonds. The van der Waals surface area contributed by atoms with Crippen molar-refractivity contribution in [2.24, 2.45) is 0 Å². The van der Waals surface area contributed by atoms with Crippen LogP contribution in [-0.4, -0.2) is 39.6 Å². The van der Waals surface area contributed by atoms with Crippen LogP contribution < -0.4 is 14.9 Å². The lowest BCUT2D eigenvalue weighted by molar-refractivity contribution is 0.0964. The number of anilines is 2. The number of amides is 2. The summed E-state index contributed by atoms with van der Waals surface area (Å²) >= 11 is 0. The van der Waals surface area contributed by atoms with Gasteiger partial charge in [-0.3, -0.25) is 13.9 Å². The lowest BCUT2D eigenvalue weighted by Crippen LogP contribution is -2.34. The van der Waals surface area contributed by atoms with Crippen molar-refractivity contribution < 1.29 is 18.0 Å². The minimum Gasteiger partial charge on any atom is -0.355 e. The Kier molecular flexibility index (Phi) is 4.93. The molecule has 1 aliphatic rings. The van der Waals surface area contributed by atoms with Crippen LogP contribution in [0.25, 0.3) is 0 Å². The van der Waals surface area contributed by atoms with Crippen molar-refractivity contribution in [2.75, 3.05) is 22.9 Å². The predicted octanol–water partition coefficient (Wildman–Crippen LogP) is 2.01. The van der Waals surface area contributed by atoms with Crippen molar-refractivity contribution in [3.05, 3.63) is 59.2 Å². The maximum absolute atomic E-state index is 12.7. The van der Waals surface area contributed by atoms with Gasteiger partial charge in [-0.1, -0.05) is 12.1 Å². The minimum atomic E-state index is -3.38. The fourth-order valence-corrected chi connectivity index (χ4v) is 4.63. The average Bonchev–Trinajstić information content (AvgIpc) is 2.96. The highest BCUT2D eigenvalue weighted by atomic mass is 32.2. The molecule has 8 heteroatoms. The first kappa shape index (κ1) is 18.9. The van der Waals surface area contributed by atoms with E-state index in [4.69, 9.17) is 0 Å². The van der Waals surface area contributed by atoms with Crippen LogP contribution in [0.4, 0.5) is 11.4 Å². The van der Waals surface area contributed by atoms with E-state index >= 15 is 0 Å². The maximum atomic E-state index is 12.7. The second-order valence-corrected chi connectivity index (χ2v) is 8.39. The topological polar surface area (TPSA) is 95.6 Å². The van der Waals surface area contributed by atoms with E-state index in [9.17, 15) is 18.0 Å². The van der Waals surface area contributed by atoms with Gasteiger partial charge in [0.25, 0.3) is 11.8 Å². The molecule has 2 aromatic rings. The SMILES string of the molecule is CNC(=O)c1ccccc1NC(=O)c1ccc2c(c1)C[C@H](C)N2S(C)(=O)=O. The van der Waals surface area contributed by atoms with Crippen LogP contribution in [-0.2, 0) is 16.4 Å². The molecular formula is C19H21N3O4S. The highest BCUT2D eigenvalue weighted by Crippen LogP contribution is 2.34. The van der Waals surface area contributed by atoms with E-state index in [0.717, 1.165) is 5.56 Å². The zero-order chi connectivity index (χ0) is 19.8. The number of benzene rings is 2. The largest absolute Gasteiger partial charge is 0.355 e. The summed E-state index contributed by atoms with van der Waals surface area (Å²) in [4.78, 5) is 24.6. The zero-order valence-corrected chi connectivity index (χ0v) is 16.1. The summed E-state index contributed by atoms with van der Waals surface area (Å²) in [7, 11) is -1.85. The number of hydrogen-bond donors (Lipinski definition) is 2. The zero-order valence-electron chi connectivity index (χ0n) is 15.3. The van der Waals surface area contributed by atoms with Crippen LogP contribution in [0.15, 0.2) is 42.5 Å². The number of carbonyl (C=O) groups excluding carboxylic acids is 2. The van der Waals surface area contributed by atoms with Crippen LogP contribution in [0.5, 0.6) is 0 Å². The number of nitrogens with zero attached hydrogens (tertiary/aromatic N) is 1. The van der Waals surface area contributed by atoms with Gasteiger partial charge in [-0.05, 0) is 49.2 Å². The van der Waals surface area contributed by atoms with E-state index in [1.165, 1.54) is 17.6 Å². The second kappa shape index (κ2) is 7.03. The standard InChI is InChI=1S/C19H21N3O4S/c1-12-10-14-11-13(8-9-17(14)22(12)27(3,25)26)18(23)21-16-7-5-4-6-15(16)19(24)20-2/h4-9,11-12H,10H2,1-3H3,(H,20,24)(H,21,23)/t12-/m0/s1. The number of rotatable bonds is 4. The van der Waals surface area contributed by atoms with E-state index < -0.39 is 10.0 Å². The van der Waals surface area contributed by atoms with Crippen LogP contribution in [0, 0.1) is 0 Å². The molecule has 1 heterocycles. The summed E-state index contributed by atoms with van der Waals surface area (Å²) in [6.07, 6.45) is 1.72. The van der Waals surface area contributed by atoms with Gasteiger partial charge < -0.3 is 10.6 Å². The summed E-state index contributed by atoms with van der Waals surface area (Å²) in [5.41, 5.74) is 2.59. The molecule has 7 nitrogen and oxygen atoms in total. The second-order valence-electron chi connectivity index (χ2n) is 6.53. The third kappa shape index (κ3) is 3.66. The first-order valence-corrected chi connectivity index (χ1v) is 10.3. The molecule has 0 radical (unpaired) electrons. The molecular weight excluding hydrogens is 366 g/mol. The number of sulfonamides is 1. The summed E-state index contributed by atoms with van der Waals surface area (Å²) < 4.78 is 25.4. The molecule has 0 spiro atoms. The fourth-order valence-electron chi connectivity index (χ4n) is 3.37. The summed E-state index contributed by atoms with van der Waals surface area (Å²) in [6.45, 7) is 1.83. The van der Waals surface area contributed by atoms with Crippen molar-refractivity contribution in [3.8, 4) is 0 Å². The Morgan fingerprint density at radius 3 is 2.48 bits per heavy atom. The van der Waals surface area contributed by atoms with E-state index in [1.807, 2.05) is 6.92 Å². The number of fused-ring (bicyclic) bond motifs is 1. The maximum Gasteiger partial charge on any atom is 0.255 e. The first-order valence-electron chi connectivity index (χ1n) is 8.47. The molecule has 0 aromatic heterocycles. The molecule has 0 saturated carbocycles.